The molecule has 3 aromatic heterocycles. The zero-order valence-corrected chi connectivity index (χ0v) is 15.9. The summed E-state index contributed by atoms with van der Waals surface area (Å²) in [6.07, 6.45) is -4.29. The number of thiazole rings is 1. The molecule has 0 bridgehead atoms. The number of aromatic amines is 1. The predicted octanol–water partition coefficient (Wildman–Crippen LogP) is 4.56. The highest BCUT2D eigenvalue weighted by atomic mass is 32.1. The highest BCUT2D eigenvalue weighted by Gasteiger charge is 2.35. The Kier molecular flexibility index (Phi) is 4.73. The summed E-state index contributed by atoms with van der Waals surface area (Å²) in [6, 6.07) is 6.82. The standard InChI is InChI=1S/C19H14F4N4OS/c1-10-17-12(19(21,22)23)8-15(28)25-18(17)27(26-10)7-6-16-24-14(9-29-16)11-4-2-3-5-13(11)20/h2-5,8-9H,6-7H2,1H3,(H,25,28). The van der Waals surface area contributed by atoms with E-state index in [1.807, 2.05) is 0 Å². The third-order valence-corrected chi connectivity index (χ3v) is 5.37. The maximum absolute atomic E-state index is 13.9. The van der Waals surface area contributed by atoms with Crippen molar-refractivity contribution in [1.82, 2.24) is 19.7 Å². The molecule has 0 saturated carbocycles. The average Bonchev–Trinajstić information content (AvgIpc) is 3.24. The number of aryl methyl sites for hydroxylation is 3. The van der Waals surface area contributed by atoms with Crippen molar-refractivity contribution in [3.63, 3.8) is 0 Å². The van der Waals surface area contributed by atoms with Crippen LogP contribution in [0.5, 0.6) is 0 Å². The first-order chi connectivity index (χ1) is 13.7. The quantitative estimate of drug-likeness (QED) is 0.491. The Labute approximate surface area is 165 Å². The van der Waals surface area contributed by atoms with E-state index in [1.165, 1.54) is 29.0 Å². The van der Waals surface area contributed by atoms with E-state index in [2.05, 4.69) is 15.1 Å². The van der Waals surface area contributed by atoms with Gasteiger partial charge in [-0.15, -0.1) is 11.3 Å². The number of fused-ring (bicyclic) bond motifs is 1. The van der Waals surface area contributed by atoms with Crippen LogP contribution in [0.25, 0.3) is 22.3 Å². The fourth-order valence-corrected chi connectivity index (χ4v) is 3.98. The first-order valence-corrected chi connectivity index (χ1v) is 9.49. The fraction of sp³-hybridized carbons (Fsp3) is 0.211. The zero-order valence-electron chi connectivity index (χ0n) is 15.0. The molecule has 0 unspecified atom stereocenters. The van der Waals surface area contributed by atoms with Crippen molar-refractivity contribution in [3.8, 4) is 11.3 Å². The number of rotatable bonds is 4. The van der Waals surface area contributed by atoms with Gasteiger partial charge in [-0.1, -0.05) is 12.1 Å². The molecule has 0 atom stereocenters. The zero-order chi connectivity index (χ0) is 20.8. The lowest BCUT2D eigenvalue weighted by Crippen LogP contribution is -2.15. The summed E-state index contributed by atoms with van der Waals surface area (Å²) in [4.78, 5) is 18.6. The molecule has 1 N–H and O–H groups in total. The molecule has 0 radical (unpaired) electrons. The summed E-state index contributed by atoms with van der Waals surface area (Å²) in [7, 11) is 0. The van der Waals surface area contributed by atoms with Crippen LogP contribution in [0.2, 0.25) is 0 Å². The number of H-pyrrole nitrogens is 1. The molecule has 150 valence electrons. The highest BCUT2D eigenvalue weighted by Crippen LogP contribution is 2.34. The van der Waals surface area contributed by atoms with E-state index in [1.54, 1.807) is 23.6 Å². The Morgan fingerprint density at radius 3 is 2.72 bits per heavy atom. The molecule has 0 spiro atoms. The van der Waals surface area contributed by atoms with Gasteiger partial charge in [-0.05, 0) is 19.1 Å². The molecule has 0 amide bonds. The highest BCUT2D eigenvalue weighted by molar-refractivity contribution is 7.09. The van der Waals surface area contributed by atoms with Gasteiger partial charge in [0.1, 0.15) is 11.5 Å². The van der Waals surface area contributed by atoms with E-state index >= 15 is 0 Å². The second kappa shape index (κ2) is 7.11. The van der Waals surface area contributed by atoms with Crippen LogP contribution in [-0.4, -0.2) is 19.7 Å². The lowest BCUT2D eigenvalue weighted by molar-refractivity contribution is -0.136. The summed E-state index contributed by atoms with van der Waals surface area (Å²) in [5, 5.41) is 6.45. The average molecular weight is 422 g/mol. The summed E-state index contributed by atoms with van der Waals surface area (Å²) in [5.74, 6) is -0.379. The fourth-order valence-electron chi connectivity index (χ4n) is 3.19. The van der Waals surface area contributed by atoms with Crippen LogP contribution in [0.1, 0.15) is 16.3 Å². The molecule has 10 heteroatoms. The van der Waals surface area contributed by atoms with E-state index in [-0.39, 0.29) is 29.1 Å². The maximum atomic E-state index is 13.9. The van der Waals surface area contributed by atoms with Crippen LogP contribution >= 0.6 is 11.3 Å². The molecule has 0 aliphatic rings. The van der Waals surface area contributed by atoms with Gasteiger partial charge in [0, 0.05) is 30.0 Å². The van der Waals surface area contributed by atoms with Crippen LogP contribution in [0.15, 0.2) is 40.5 Å². The van der Waals surface area contributed by atoms with E-state index in [0.717, 1.165) is 0 Å². The van der Waals surface area contributed by atoms with E-state index in [4.69, 9.17) is 0 Å². The third kappa shape index (κ3) is 3.67. The molecule has 0 fully saturated rings. The first-order valence-electron chi connectivity index (χ1n) is 8.61. The van der Waals surface area contributed by atoms with Crippen molar-refractivity contribution >= 4 is 22.4 Å². The molecular weight excluding hydrogens is 408 g/mol. The van der Waals surface area contributed by atoms with Gasteiger partial charge >= 0.3 is 6.18 Å². The Morgan fingerprint density at radius 2 is 2.00 bits per heavy atom. The number of nitrogens with one attached hydrogen (secondary N) is 1. The van der Waals surface area contributed by atoms with Gasteiger partial charge in [0.05, 0.1) is 27.3 Å². The second-order valence-corrected chi connectivity index (χ2v) is 7.38. The number of halogens is 4. The largest absolute Gasteiger partial charge is 0.417 e. The number of pyridine rings is 1. The number of nitrogens with zero attached hydrogens (tertiary/aromatic N) is 3. The van der Waals surface area contributed by atoms with Gasteiger partial charge in [-0.2, -0.15) is 18.3 Å². The van der Waals surface area contributed by atoms with Crippen LogP contribution in [-0.2, 0) is 19.1 Å². The predicted molar refractivity (Wildman–Crippen MR) is 101 cm³/mol. The van der Waals surface area contributed by atoms with E-state index < -0.39 is 17.3 Å². The Hall–Kier alpha value is -3.01. The van der Waals surface area contributed by atoms with Crippen molar-refractivity contribution in [1.29, 1.82) is 0 Å². The van der Waals surface area contributed by atoms with Gasteiger partial charge in [0.2, 0.25) is 5.56 Å². The van der Waals surface area contributed by atoms with Crippen LogP contribution in [0, 0.1) is 12.7 Å². The summed E-state index contributed by atoms with van der Waals surface area (Å²) in [6.45, 7) is 1.68. The van der Waals surface area contributed by atoms with E-state index in [9.17, 15) is 22.4 Å². The number of hydrogen-bond acceptors (Lipinski definition) is 4. The number of hydrogen-bond donors (Lipinski definition) is 1. The molecule has 0 aliphatic carbocycles. The minimum atomic E-state index is -4.66. The van der Waals surface area contributed by atoms with Crippen LogP contribution in [0.4, 0.5) is 17.6 Å². The molecule has 29 heavy (non-hydrogen) atoms. The maximum Gasteiger partial charge on any atom is 0.417 e. The second-order valence-electron chi connectivity index (χ2n) is 6.43. The molecule has 1 aromatic carbocycles. The van der Waals surface area contributed by atoms with Crippen molar-refractivity contribution in [2.24, 2.45) is 0 Å². The van der Waals surface area contributed by atoms with Gasteiger partial charge in [0.15, 0.2) is 0 Å². The Morgan fingerprint density at radius 1 is 1.24 bits per heavy atom. The lowest BCUT2D eigenvalue weighted by atomic mass is 10.1. The topological polar surface area (TPSA) is 63.6 Å². The van der Waals surface area contributed by atoms with Gasteiger partial charge in [0.25, 0.3) is 0 Å². The van der Waals surface area contributed by atoms with Gasteiger partial charge in [-0.25, -0.2) is 14.1 Å². The smallest absolute Gasteiger partial charge is 0.307 e. The summed E-state index contributed by atoms with van der Waals surface area (Å²) in [5.41, 5.74) is -0.770. The normalized spacial score (nSPS) is 12.0. The van der Waals surface area contributed by atoms with Gasteiger partial charge < -0.3 is 4.98 Å². The first kappa shape index (κ1) is 19.3. The Bertz CT molecular complexity index is 1260. The molecular formula is C19H14F4N4OS. The van der Waals surface area contributed by atoms with Crippen molar-refractivity contribution < 1.29 is 17.6 Å². The lowest BCUT2D eigenvalue weighted by Gasteiger charge is -2.08. The van der Waals surface area contributed by atoms with Crippen LogP contribution < -0.4 is 5.56 Å². The minimum Gasteiger partial charge on any atom is -0.307 e. The van der Waals surface area contributed by atoms with Crippen molar-refractivity contribution in [3.05, 3.63) is 68.1 Å². The minimum absolute atomic E-state index is 0.0215. The van der Waals surface area contributed by atoms with Crippen LogP contribution in [0.3, 0.4) is 0 Å². The molecule has 0 aliphatic heterocycles. The molecule has 4 rings (SSSR count). The monoisotopic (exact) mass is 422 g/mol. The van der Waals surface area contributed by atoms with E-state index in [0.29, 0.717) is 28.8 Å². The number of aromatic nitrogens is 4. The SMILES string of the molecule is Cc1nn(CCc2nc(-c3ccccc3F)cs2)c2[nH]c(=O)cc(C(F)(F)F)c12. The van der Waals surface area contributed by atoms with Crippen molar-refractivity contribution in [2.45, 2.75) is 26.1 Å². The summed E-state index contributed by atoms with van der Waals surface area (Å²) >= 11 is 1.32. The molecule has 4 aromatic rings. The van der Waals surface area contributed by atoms with Gasteiger partial charge in [-0.3, -0.25) is 4.79 Å². The molecule has 0 saturated heterocycles. The molecule has 3 heterocycles. The van der Waals surface area contributed by atoms with Crippen molar-refractivity contribution in [2.75, 3.05) is 0 Å². The Balaban J connectivity index is 1.64. The summed E-state index contributed by atoms with van der Waals surface area (Å²) < 4.78 is 55.2. The third-order valence-electron chi connectivity index (χ3n) is 4.46. The molecule has 5 nitrogen and oxygen atoms in total. The number of benzene rings is 1. The number of alkyl halides is 3.